The minimum atomic E-state index is -0.256. The Hall–Kier alpha value is -3.54. The predicted molar refractivity (Wildman–Crippen MR) is 114 cm³/mol. The molecule has 4 aromatic rings. The molecule has 0 radical (unpaired) electrons. The molecule has 0 saturated heterocycles. The first-order valence-corrected chi connectivity index (χ1v) is 9.48. The number of anilines is 1. The van der Waals surface area contributed by atoms with Gasteiger partial charge in [-0.05, 0) is 56.2 Å². The van der Waals surface area contributed by atoms with Gasteiger partial charge in [0.05, 0.1) is 24.1 Å². The Morgan fingerprint density at radius 2 is 1.76 bits per heavy atom. The number of furan rings is 1. The fraction of sp³-hybridized carbons (Fsp3) is 0.217. The standard InChI is InChI=1S/C23H23N3O3/c1-14-10-19-17(13-29-20(19)11-15(14)2)12-21(27)24-22-16(3)25(4)26(23(22)28)18-8-6-5-7-9-18/h5-11,13H,12H2,1-4H3,(H,24,27). The summed E-state index contributed by atoms with van der Waals surface area (Å²) in [5.74, 6) is -0.253. The van der Waals surface area contributed by atoms with Crippen molar-refractivity contribution in [2.75, 3.05) is 5.32 Å². The van der Waals surface area contributed by atoms with E-state index in [1.807, 2.05) is 63.2 Å². The Bertz CT molecular complexity index is 1280. The largest absolute Gasteiger partial charge is 0.464 e. The van der Waals surface area contributed by atoms with E-state index in [4.69, 9.17) is 4.42 Å². The van der Waals surface area contributed by atoms with Gasteiger partial charge < -0.3 is 9.73 Å². The van der Waals surface area contributed by atoms with Crippen molar-refractivity contribution in [3.63, 3.8) is 0 Å². The summed E-state index contributed by atoms with van der Waals surface area (Å²) in [7, 11) is 1.80. The fourth-order valence-corrected chi connectivity index (χ4v) is 3.54. The van der Waals surface area contributed by atoms with Crippen molar-refractivity contribution in [2.45, 2.75) is 27.2 Å². The minimum absolute atomic E-state index is 0.134. The maximum atomic E-state index is 13.0. The maximum Gasteiger partial charge on any atom is 0.295 e. The van der Waals surface area contributed by atoms with E-state index in [1.165, 1.54) is 0 Å². The Kier molecular flexibility index (Phi) is 4.62. The number of nitrogens with zero attached hydrogens (tertiary/aromatic N) is 2. The summed E-state index contributed by atoms with van der Waals surface area (Å²) in [5, 5.41) is 3.73. The van der Waals surface area contributed by atoms with Crippen molar-refractivity contribution < 1.29 is 9.21 Å². The van der Waals surface area contributed by atoms with Crippen LogP contribution in [-0.4, -0.2) is 15.3 Å². The molecule has 0 saturated carbocycles. The summed E-state index contributed by atoms with van der Waals surface area (Å²) in [6, 6.07) is 13.4. The van der Waals surface area contributed by atoms with E-state index in [0.717, 1.165) is 33.3 Å². The number of hydrogen-bond acceptors (Lipinski definition) is 3. The van der Waals surface area contributed by atoms with Crippen LogP contribution in [0.1, 0.15) is 22.4 Å². The number of para-hydroxylation sites is 1. The molecule has 29 heavy (non-hydrogen) atoms. The Morgan fingerprint density at radius 3 is 2.48 bits per heavy atom. The number of aromatic nitrogens is 2. The van der Waals surface area contributed by atoms with Crippen molar-refractivity contribution in [1.29, 1.82) is 0 Å². The third-order valence-corrected chi connectivity index (χ3v) is 5.44. The molecule has 2 heterocycles. The second kappa shape index (κ2) is 7.13. The molecule has 0 spiro atoms. The van der Waals surface area contributed by atoms with Gasteiger partial charge in [-0.2, -0.15) is 0 Å². The van der Waals surface area contributed by atoms with Gasteiger partial charge in [-0.15, -0.1) is 0 Å². The monoisotopic (exact) mass is 389 g/mol. The second-order valence-corrected chi connectivity index (χ2v) is 7.36. The molecule has 0 aliphatic heterocycles. The average molecular weight is 389 g/mol. The summed E-state index contributed by atoms with van der Waals surface area (Å²) in [6.07, 6.45) is 1.75. The molecular formula is C23H23N3O3. The quantitative estimate of drug-likeness (QED) is 0.573. The minimum Gasteiger partial charge on any atom is -0.464 e. The molecule has 0 fully saturated rings. The van der Waals surface area contributed by atoms with Gasteiger partial charge in [0, 0.05) is 18.0 Å². The van der Waals surface area contributed by atoms with E-state index < -0.39 is 0 Å². The van der Waals surface area contributed by atoms with Crippen LogP contribution >= 0.6 is 0 Å². The smallest absolute Gasteiger partial charge is 0.295 e. The number of fused-ring (bicyclic) bond motifs is 1. The van der Waals surface area contributed by atoms with Gasteiger partial charge in [0.15, 0.2) is 0 Å². The highest BCUT2D eigenvalue weighted by molar-refractivity contribution is 5.95. The average Bonchev–Trinajstić information content (AvgIpc) is 3.16. The second-order valence-electron chi connectivity index (χ2n) is 7.36. The third-order valence-electron chi connectivity index (χ3n) is 5.44. The lowest BCUT2D eigenvalue weighted by molar-refractivity contribution is -0.115. The molecule has 0 unspecified atom stereocenters. The highest BCUT2D eigenvalue weighted by Crippen LogP contribution is 2.25. The third kappa shape index (κ3) is 3.27. The molecule has 4 rings (SSSR count). The molecule has 6 heteroatoms. The van der Waals surface area contributed by atoms with Gasteiger partial charge in [-0.1, -0.05) is 18.2 Å². The maximum absolute atomic E-state index is 13.0. The zero-order chi connectivity index (χ0) is 20.7. The number of aryl methyl sites for hydroxylation is 2. The Balaban J connectivity index is 1.63. The van der Waals surface area contributed by atoms with Crippen molar-refractivity contribution in [3.8, 4) is 5.69 Å². The predicted octanol–water partition coefficient (Wildman–Crippen LogP) is 4.03. The fourth-order valence-electron chi connectivity index (χ4n) is 3.54. The van der Waals surface area contributed by atoms with Gasteiger partial charge in [0.2, 0.25) is 5.91 Å². The van der Waals surface area contributed by atoms with Gasteiger partial charge in [-0.25, -0.2) is 4.68 Å². The van der Waals surface area contributed by atoms with E-state index in [1.54, 1.807) is 22.7 Å². The SMILES string of the molecule is Cc1cc2occ(CC(=O)Nc3c(C)n(C)n(-c4ccccc4)c3=O)c2cc1C. The van der Waals surface area contributed by atoms with Crippen LogP contribution in [0, 0.1) is 20.8 Å². The molecule has 2 aromatic heterocycles. The van der Waals surface area contributed by atoms with Gasteiger partial charge in [-0.3, -0.25) is 14.3 Å². The van der Waals surface area contributed by atoms with Crippen LogP contribution in [0.4, 0.5) is 5.69 Å². The number of rotatable bonds is 4. The molecule has 148 valence electrons. The highest BCUT2D eigenvalue weighted by atomic mass is 16.3. The highest BCUT2D eigenvalue weighted by Gasteiger charge is 2.19. The molecule has 1 N–H and O–H groups in total. The Labute approximate surface area is 168 Å². The number of benzene rings is 2. The lowest BCUT2D eigenvalue weighted by Crippen LogP contribution is -2.23. The summed E-state index contributed by atoms with van der Waals surface area (Å²) in [4.78, 5) is 25.7. The van der Waals surface area contributed by atoms with Gasteiger partial charge in [0.1, 0.15) is 11.3 Å². The number of nitrogens with one attached hydrogen (secondary N) is 1. The first-order chi connectivity index (χ1) is 13.9. The van der Waals surface area contributed by atoms with E-state index in [9.17, 15) is 9.59 Å². The van der Waals surface area contributed by atoms with Crippen molar-refractivity contribution in [1.82, 2.24) is 9.36 Å². The summed E-state index contributed by atoms with van der Waals surface area (Å²) >= 11 is 0. The number of amides is 1. The number of carbonyl (C=O) groups is 1. The first kappa shape index (κ1) is 18.8. The zero-order valence-corrected chi connectivity index (χ0v) is 16.9. The first-order valence-electron chi connectivity index (χ1n) is 9.48. The molecule has 0 aliphatic rings. The molecule has 0 bridgehead atoms. The lowest BCUT2D eigenvalue weighted by atomic mass is 10.0. The van der Waals surface area contributed by atoms with Gasteiger partial charge in [0.25, 0.3) is 5.56 Å². The number of carbonyl (C=O) groups excluding carboxylic acids is 1. The van der Waals surface area contributed by atoms with Crippen molar-refractivity contribution in [2.24, 2.45) is 7.05 Å². The van der Waals surface area contributed by atoms with Crippen molar-refractivity contribution >= 4 is 22.6 Å². The van der Waals surface area contributed by atoms with Crippen molar-refractivity contribution in [3.05, 3.63) is 81.5 Å². The van der Waals surface area contributed by atoms with Crippen LogP contribution < -0.4 is 10.9 Å². The molecule has 1 amide bonds. The topological polar surface area (TPSA) is 69.2 Å². The number of hydrogen-bond donors (Lipinski definition) is 1. The molecule has 0 aliphatic carbocycles. The summed E-state index contributed by atoms with van der Waals surface area (Å²) in [5.41, 5.74) is 5.32. The Morgan fingerprint density at radius 1 is 1.07 bits per heavy atom. The van der Waals surface area contributed by atoms with Crippen LogP contribution in [0.2, 0.25) is 0 Å². The van der Waals surface area contributed by atoms with E-state index >= 15 is 0 Å². The zero-order valence-electron chi connectivity index (χ0n) is 16.9. The molecule has 2 aromatic carbocycles. The molecule has 6 nitrogen and oxygen atoms in total. The van der Waals surface area contributed by atoms with Crippen LogP contribution in [0.25, 0.3) is 16.7 Å². The molecular weight excluding hydrogens is 366 g/mol. The van der Waals surface area contributed by atoms with Crippen LogP contribution in [0.15, 0.2) is 57.9 Å². The van der Waals surface area contributed by atoms with Crippen LogP contribution in [0.5, 0.6) is 0 Å². The summed E-state index contributed by atoms with van der Waals surface area (Å²) in [6.45, 7) is 5.88. The lowest BCUT2D eigenvalue weighted by Gasteiger charge is -2.07. The van der Waals surface area contributed by atoms with Crippen LogP contribution in [-0.2, 0) is 18.3 Å². The molecule has 0 atom stereocenters. The summed E-state index contributed by atoms with van der Waals surface area (Å²) < 4.78 is 8.90. The van der Waals surface area contributed by atoms with Gasteiger partial charge >= 0.3 is 0 Å². The normalized spacial score (nSPS) is 11.2. The van der Waals surface area contributed by atoms with E-state index in [0.29, 0.717) is 11.4 Å². The van der Waals surface area contributed by atoms with E-state index in [-0.39, 0.29) is 17.9 Å². The van der Waals surface area contributed by atoms with Crippen LogP contribution in [0.3, 0.4) is 0 Å². The van der Waals surface area contributed by atoms with E-state index in [2.05, 4.69) is 5.32 Å².